The SMILES string of the molecule is Cc1c(Cl)nc2ncnn2c1NC1CCC(=O)NC1=O. The number of carbonyl (C=O) groups excluding carboxylic acids is 2. The molecule has 1 atom stereocenters. The van der Waals surface area contributed by atoms with Gasteiger partial charge in [0.05, 0.1) is 0 Å². The lowest BCUT2D eigenvalue weighted by molar-refractivity contribution is -0.133. The summed E-state index contributed by atoms with van der Waals surface area (Å²) in [6.07, 6.45) is 2.07. The van der Waals surface area contributed by atoms with Gasteiger partial charge in [0.2, 0.25) is 11.8 Å². The third kappa shape index (κ3) is 2.07. The lowest BCUT2D eigenvalue weighted by atomic mass is 10.1. The van der Waals surface area contributed by atoms with Gasteiger partial charge in [-0.3, -0.25) is 14.9 Å². The van der Waals surface area contributed by atoms with Crippen LogP contribution in [-0.4, -0.2) is 37.4 Å². The maximum absolute atomic E-state index is 11.8. The third-order valence-electron chi connectivity index (χ3n) is 3.15. The predicted octanol–water partition coefficient (Wildman–Crippen LogP) is 0.303. The zero-order valence-corrected chi connectivity index (χ0v) is 11.3. The Balaban J connectivity index is 1.98. The van der Waals surface area contributed by atoms with Crippen molar-refractivity contribution in [1.82, 2.24) is 24.9 Å². The highest BCUT2D eigenvalue weighted by molar-refractivity contribution is 6.30. The maximum atomic E-state index is 11.8. The Labute approximate surface area is 118 Å². The standard InChI is InChI=1S/C11H11ClN6O2/c1-5-8(12)17-11-13-4-14-18(11)9(5)15-6-2-3-7(19)16-10(6)20/h4,6,15H,2-3H2,1H3,(H,16,19,20). The van der Waals surface area contributed by atoms with Crippen LogP contribution in [0.1, 0.15) is 18.4 Å². The van der Waals surface area contributed by atoms with Gasteiger partial charge in [-0.1, -0.05) is 11.6 Å². The van der Waals surface area contributed by atoms with Gasteiger partial charge < -0.3 is 5.32 Å². The van der Waals surface area contributed by atoms with Gasteiger partial charge in [-0.15, -0.1) is 0 Å². The summed E-state index contributed by atoms with van der Waals surface area (Å²) in [6.45, 7) is 1.77. The summed E-state index contributed by atoms with van der Waals surface area (Å²) in [4.78, 5) is 31.0. The van der Waals surface area contributed by atoms with Crippen LogP contribution in [0.25, 0.3) is 5.78 Å². The Kier molecular flexibility index (Phi) is 3.01. The van der Waals surface area contributed by atoms with Crippen molar-refractivity contribution in [3.63, 3.8) is 0 Å². The molecule has 3 rings (SSSR count). The van der Waals surface area contributed by atoms with E-state index in [1.54, 1.807) is 6.92 Å². The minimum absolute atomic E-state index is 0.261. The zero-order chi connectivity index (χ0) is 14.3. The molecule has 0 aromatic carbocycles. The molecule has 1 fully saturated rings. The van der Waals surface area contributed by atoms with Crippen LogP contribution in [0.3, 0.4) is 0 Å². The van der Waals surface area contributed by atoms with E-state index >= 15 is 0 Å². The lowest BCUT2D eigenvalue weighted by Crippen LogP contribution is -2.47. The van der Waals surface area contributed by atoms with Crippen LogP contribution >= 0.6 is 11.6 Å². The molecule has 0 spiro atoms. The van der Waals surface area contributed by atoms with Crippen molar-refractivity contribution in [1.29, 1.82) is 0 Å². The van der Waals surface area contributed by atoms with Gasteiger partial charge in [0.15, 0.2) is 0 Å². The van der Waals surface area contributed by atoms with Crippen molar-refractivity contribution in [3.8, 4) is 0 Å². The number of piperidine rings is 1. The van der Waals surface area contributed by atoms with Gasteiger partial charge in [0, 0.05) is 12.0 Å². The molecule has 2 amide bonds. The van der Waals surface area contributed by atoms with E-state index in [0.717, 1.165) is 0 Å². The first-order chi connectivity index (χ1) is 9.56. The van der Waals surface area contributed by atoms with Crippen molar-refractivity contribution in [2.45, 2.75) is 25.8 Å². The Hall–Kier alpha value is -2.22. The number of amides is 2. The topological polar surface area (TPSA) is 101 Å². The summed E-state index contributed by atoms with van der Waals surface area (Å²) in [5, 5.41) is 9.69. The average Bonchev–Trinajstić information content (AvgIpc) is 2.85. The average molecular weight is 295 g/mol. The van der Waals surface area contributed by atoms with Crippen molar-refractivity contribution < 1.29 is 9.59 Å². The first kappa shape index (κ1) is 12.8. The summed E-state index contributed by atoms with van der Waals surface area (Å²) >= 11 is 6.04. The number of hydrogen-bond donors (Lipinski definition) is 2. The molecule has 1 unspecified atom stereocenters. The molecule has 8 nitrogen and oxygen atoms in total. The van der Waals surface area contributed by atoms with E-state index in [0.29, 0.717) is 35.2 Å². The van der Waals surface area contributed by atoms with Crippen molar-refractivity contribution in [2.75, 3.05) is 5.32 Å². The quantitative estimate of drug-likeness (QED) is 0.610. The van der Waals surface area contributed by atoms with Crippen LogP contribution in [0.5, 0.6) is 0 Å². The molecule has 1 aliphatic heterocycles. The molecule has 9 heteroatoms. The molecule has 3 heterocycles. The zero-order valence-electron chi connectivity index (χ0n) is 10.6. The van der Waals surface area contributed by atoms with Crippen LogP contribution in [0.2, 0.25) is 5.15 Å². The van der Waals surface area contributed by atoms with Crippen molar-refractivity contribution in [3.05, 3.63) is 17.0 Å². The molecule has 1 aliphatic rings. The highest BCUT2D eigenvalue weighted by atomic mass is 35.5. The van der Waals surface area contributed by atoms with Crippen LogP contribution in [0.15, 0.2) is 6.33 Å². The second-order valence-corrected chi connectivity index (χ2v) is 4.85. The molecule has 104 valence electrons. The maximum Gasteiger partial charge on any atom is 0.255 e. The molecule has 20 heavy (non-hydrogen) atoms. The van der Waals surface area contributed by atoms with Crippen LogP contribution in [0.4, 0.5) is 5.82 Å². The van der Waals surface area contributed by atoms with Gasteiger partial charge in [-0.05, 0) is 13.3 Å². The molecule has 0 radical (unpaired) electrons. The number of fused-ring (bicyclic) bond motifs is 1. The number of nitrogens with one attached hydrogen (secondary N) is 2. The third-order valence-corrected chi connectivity index (χ3v) is 3.52. The van der Waals surface area contributed by atoms with Gasteiger partial charge in [-0.25, -0.2) is 0 Å². The van der Waals surface area contributed by atoms with E-state index < -0.39 is 6.04 Å². The van der Waals surface area contributed by atoms with E-state index in [1.165, 1.54) is 10.8 Å². The number of nitrogens with zero attached hydrogens (tertiary/aromatic N) is 4. The second kappa shape index (κ2) is 4.71. The fraction of sp³-hybridized carbons (Fsp3) is 0.364. The van der Waals surface area contributed by atoms with Crippen LogP contribution < -0.4 is 10.6 Å². The molecule has 0 saturated carbocycles. The Morgan fingerprint density at radius 2 is 2.30 bits per heavy atom. The monoisotopic (exact) mass is 294 g/mol. The Morgan fingerprint density at radius 3 is 3.05 bits per heavy atom. The fourth-order valence-electron chi connectivity index (χ4n) is 2.06. The minimum Gasteiger partial charge on any atom is -0.358 e. The van der Waals surface area contributed by atoms with E-state index in [4.69, 9.17) is 11.6 Å². The summed E-state index contributed by atoms with van der Waals surface area (Å²) in [7, 11) is 0. The predicted molar refractivity (Wildman–Crippen MR) is 70.3 cm³/mol. The smallest absolute Gasteiger partial charge is 0.255 e. The molecule has 1 saturated heterocycles. The number of hydrogen-bond acceptors (Lipinski definition) is 6. The number of aromatic nitrogens is 4. The second-order valence-electron chi connectivity index (χ2n) is 4.50. The van der Waals surface area contributed by atoms with Gasteiger partial charge in [-0.2, -0.15) is 19.6 Å². The van der Waals surface area contributed by atoms with Crippen molar-refractivity contribution >= 4 is 35.0 Å². The Morgan fingerprint density at radius 1 is 1.50 bits per heavy atom. The van der Waals surface area contributed by atoms with E-state index in [-0.39, 0.29) is 11.8 Å². The van der Waals surface area contributed by atoms with Crippen LogP contribution in [-0.2, 0) is 9.59 Å². The number of anilines is 1. The van der Waals surface area contributed by atoms with Crippen LogP contribution in [0, 0.1) is 6.92 Å². The fourth-order valence-corrected chi connectivity index (χ4v) is 2.23. The highest BCUT2D eigenvalue weighted by Gasteiger charge is 2.28. The van der Waals surface area contributed by atoms with Gasteiger partial charge >= 0.3 is 0 Å². The summed E-state index contributed by atoms with van der Waals surface area (Å²) < 4.78 is 1.48. The molecule has 2 N–H and O–H groups in total. The highest BCUT2D eigenvalue weighted by Crippen LogP contribution is 2.23. The first-order valence-corrected chi connectivity index (χ1v) is 6.40. The van der Waals surface area contributed by atoms with Gasteiger partial charge in [0.25, 0.3) is 5.78 Å². The van der Waals surface area contributed by atoms with Crippen molar-refractivity contribution in [2.24, 2.45) is 0 Å². The van der Waals surface area contributed by atoms with E-state index in [9.17, 15) is 9.59 Å². The largest absolute Gasteiger partial charge is 0.358 e. The summed E-state index contributed by atoms with van der Waals surface area (Å²) in [5.41, 5.74) is 0.661. The Bertz CT molecular complexity index is 712. The lowest BCUT2D eigenvalue weighted by Gasteiger charge is -2.23. The molecule has 0 bridgehead atoms. The molecular weight excluding hydrogens is 284 g/mol. The van der Waals surface area contributed by atoms with E-state index in [2.05, 4.69) is 25.7 Å². The number of rotatable bonds is 2. The molecular formula is C11H11ClN6O2. The normalized spacial score (nSPS) is 19.2. The first-order valence-electron chi connectivity index (χ1n) is 6.02. The molecule has 2 aromatic heterocycles. The number of imide groups is 1. The molecule has 0 aliphatic carbocycles. The van der Waals surface area contributed by atoms with Gasteiger partial charge in [0.1, 0.15) is 23.3 Å². The molecule has 2 aromatic rings. The summed E-state index contributed by atoms with van der Waals surface area (Å²) in [6, 6.07) is -0.516. The minimum atomic E-state index is -0.516. The summed E-state index contributed by atoms with van der Waals surface area (Å²) in [5.74, 6) is 0.271. The number of carbonyl (C=O) groups is 2. The van der Waals surface area contributed by atoms with E-state index in [1.807, 2.05) is 0 Å². The number of halogens is 1.